The molecule has 0 saturated carbocycles. The minimum atomic E-state index is -0.814. The van der Waals surface area contributed by atoms with Gasteiger partial charge in [-0.1, -0.05) is 18.2 Å². The first-order chi connectivity index (χ1) is 10.6. The number of ether oxygens (including phenoxy) is 2. The lowest BCUT2D eigenvalue weighted by molar-refractivity contribution is -0.145. The van der Waals surface area contributed by atoms with Crippen molar-refractivity contribution < 1.29 is 19.1 Å². The molecule has 1 aliphatic rings. The second-order valence-corrected chi connectivity index (χ2v) is 5.14. The van der Waals surface area contributed by atoms with Crippen molar-refractivity contribution in [2.45, 2.75) is 26.4 Å². The Morgan fingerprint density at radius 3 is 2.68 bits per heavy atom. The fraction of sp³-hybridized carbons (Fsp3) is 0.312. The number of para-hydroxylation sites is 1. The largest absolute Gasteiger partial charge is 0.463 e. The molecule has 1 aromatic carbocycles. The van der Waals surface area contributed by atoms with Crippen molar-refractivity contribution in [1.29, 1.82) is 0 Å². The minimum Gasteiger partial charge on any atom is -0.463 e. The zero-order chi connectivity index (χ0) is 15.7. The summed E-state index contributed by atoms with van der Waals surface area (Å²) >= 11 is 0. The number of carbonyl (C=O) groups excluding carboxylic acids is 2. The highest BCUT2D eigenvalue weighted by molar-refractivity contribution is 5.94. The average molecular weight is 300 g/mol. The van der Waals surface area contributed by atoms with Crippen LogP contribution in [-0.2, 0) is 14.3 Å². The van der Waals surface area contributed by atoms with Crippen molar-refractivity contribution >= 4 is 11.9 Å². The molecule has 0 spiro atoms. The number of rotatable bonds is 3. The maximum absolute atomic E-state index is 12.3. The molecule has 2 heterocycles. The third-order valence-corrected chi connectivity index (χ3v) is 3.63. The van der Waals surface area contributed by atoms with Gasteiger partial charge in [0.2, 0.25) is 6.10 Å². The number of aryl methyl sites for hydroxylation is 1. The first-order valence-corrected chi connectivity index (χ1v) is 7.07. The van der Waals surface area contributed by atoms with Crippen molar-refractivity contribution in [2.75, 3.05) is 6.61 Å². The summed E-state index contributed by atoms with van der Waals surface area (Å²) in [7, 11) is 0. The molecule has 6 heteroatoms. The van der Waals surface area contributed by atoms with Crippen LogP contribution in [-0.4, -0.2) is 34.4 Å². The van der Waals surface area contributed by atoms with Crippen LogP contribution in [0.1, 0.15) is 28.2 Å². The minimum absolute atomic E-state index is 0.290. The fourth-order valence-corrected chi connectivity index (χ4v) is 2.53. The van der Waals surface area contributed by atoms with Crippen molar-refractivity contribution in [2.24, 2.45) is 0 Å². The van der Waals surface area contributed by atoms with E-state index in [0.29, 0.717) is 23.4 Å². The summed E-state index contributed by atoms with van der Waals surface area (Å²) in [4.78, 5) is 23.8. The Hall–Kier alpha value is -2.63. The summed E-state index contributed by atoms with van der Waals surface area (Å²) < 4.78 is 11.7. The van der Waals surface area contributed by atoms with E-state index >= 15 is 0 Å². The number of carbonyl (C=O) groups is 2. The molecule has 1 aromatic heterocycles. The molecule has 0 aliphatic carbocycles. The maximum atomic E-state index is 12.3. The zero-order valence-electron chi connectivity index (χ0n) is 12.4. The highest BCUT2D eigenvalue weighted by Crippen LogP contribution is 2.21. The Kier molecular flexibility index (Phi) is 3.66. The highest BCUT2D eigenvalue weighted by Gasteiger charge is 2.32. The Balaban J connectivity index is 1.89. The standard InChI is InChI=1S/C16H16N2O4/c1-10-14(16(20)22-13-8-9-21-15(13)19)11(2)18(17-10)12-6-4-3-5-7-12/h3-7,13H,8-9H2,1-2H3/t13-/m1/s1. The molecule has 1 aliphatic heterocycles. The summed E-state index contributed by atoms with van der Waals surface area (Å²) in [5, 5.41) is 4.39. The predicted octanol–water partition coefficient (Wildman–Crippen LogP) is 1.96. The van der Waals surface area contributed by atoms with Crippen molar-refractivity contribution in [3.63, 3.8) is 0 Å². The Bertz CT molecular complexity index is 721. The topological polar surface area (TPSA) is 70.4 Å². The van der Waals surface area contributed by atoms with Crippen LogP contribution in [0.4, 0.5) is 0 Å². The summed E-state index contributed by atoms with van der Waals surface area (Å²) in [5.74, 6) is -1.03. The van der Waals surface area contributed by atoms with Gasteiger partial charge >= 0.3 is 11.9 Å². The maximum Gasteiger partial charge on any atom is 0.347 e. The number of aromatic nitrogens is 2. The van der Waals surface area contributed by atoms with Crippen molar-refractivity contribution in [3.05, 3.63) is 47.3 Å². The van der Waals surface area contributed by atoms with Gasteiger partial charge in [0.1, 0.15) is 5.56 Å². The van der Waals surface area contributed by atoms with E-state index in [0.717, 1.165) is 5.69 Å². The summed E-state index contributed by atoms with van der Waals surface area (Å²) in [6.45, 7) is 3.84. The molecular weight excluding hydrogens is 284 g/mol. The quantitative estimate of drug-likeness (QED) is 0.810. The fourth-order valence-electron chi connectivity index (χ4n) is 2.53. The molecule has 114 valence electrons. The number of hydrogen-bond donors (Lipinski definition) is 0. The van der Waals surface area contributed by atoms with E-state index in [1.807, 2.05) is 30.3 Å². The smallest absolute Gasteiger partial charge is 0.347 e. The molecule has 1 fully saturated rings. The van der Waals surface area contributed by atoms with Gasteiger partial charge in [-0.3, -0.25) is 0 Å². The molecule has 1 saturated heterocycles. The number of esters is 2. The van der Waals surface area contributed by atoms with E-state index < -0.39 is 18.0 Å². The molecule has 22 heavy (non-hydrogen) atoms. The average Bonchev–Trinajstić information content (AvgIpc) is 3.03. The number of benzene rings is 1. The van der Waals surface area contributed by atoms with Gasteiger partial charge in [0.15, 0.2) is 0 Å². The molecule has 1 atom stereocenters. The van der Waals surface area contributed by atoms with Crippen LogP contribution >= 0.6 is 0 Å². The lowest BCUT2D eigenvalue weighted by Crippen LogP contribution is -2.23. The van der Waals surface area contributed by atoms with E-state index in [4.69, 9.17) is 9.47 Å². The Morgan fingerprint density at radius 2 is 2.05 bits per heavy atom. The number of nitrogens with zero attached hydrogens (tertiary/aromatic N) is 2. The molecule has 0 amide bonds. The normalized spacial score (nSPS) is 17.4. The van der Waals surface area contributed by atoms with Crippen LogP contribution < -0.4 is 0 Å². The summed E-state index contributed by atoms with van der Waals surface area (Å²) in [6.07, 6.45) is -0.415. The molecule has 0 N–H and O–H groups in total. The van der Waals surface area contributed by atoms with Crippen LogP contribution in [0.5, 0.6) is 0 Å². The summed E-state index contributed by atoms with van der Waals surface area (Å²) in [5.41, 5.74) is 2.50. The lowest BCUT2D eigenvalue weighted by Gasteiger charge is -2.09. The second-order valence-electron chi connectivity index (χ2n) is 5.14. The monoisotopic (exact) mass is 300 g/mol. The van der Waals surface area contributed by atoms with Gasteiger partial charge in [0.05, 0.1) is 23.7 Å². The molecule has 0 bridgehead atoms. The molecule has 0 radical (unpaired) electrons. The predicted molar refractivity (Wildman–Crippen MR) is 77.8 cm³/mol. The highest BCUT2D eigenvalue weighted by atomic mass is 16.6. The van der Waals surface area contributed by atoms with E-state index in [1.165, 1.54) is 0 Å². The molecule has 6 nitrogen and oxygen atoms in total. The number of hydrogen-bond acceptors (Lipinski definition) is 5. The molecule has 2 aromatic rings. The first-order valence-electron chi connectivity index (χ1n) is 7.07. The second kappa shape index (κ2) is 5.63. The third-order valence-electron chi connectivity index (χ3n) is 3.63. The van der Waals surface area contributed by atoms with Crippen molar-refractivity contribution in [1.82, 2.24) is 9.78 Å². The van der Waals surface area contributed by atoms with Crippen molar-refractivity contribution in [3.8, 4) is 5.69 Å². The van der Waals surface area contributed by atoms with Gasteiger partial charge in [0, 0.05) is 6.42 Å². The zero-order valence-corrected chi connectivity index (χ0v) is 12.4. The van der Waals surface area contributed by atoms with Gasteiger partial charge in [-0.05, 0) is 26.0 Å². The molecule has 3 rings (SSSR count). The molecule has 0 unspecified atom stereocenters. The van der Waals surface area contributed by atoms with Crippen LogP contribution in [0.3, 0.4) is 0 Å². The first kappa shape index (κ1) is 14.3. The van der Waals surface area contributed by atoms with Crippen LogP contribution in [0, 0.1) is 13.8 Å². The van der Waals surface area contributed by atoms with E-state index in [1.54, 1.807) is 18.5 Å². The number of cyclic esters (lactones) is 1. The van der Waals surface area contributed by atoms with Gasteiger partial charge in [0.25, 0.3) is 0 Å². The van der Waals surface area contributed by atoms with E-state index in [9.17, 15) is 9.59 Å². The van der Waals surface area contributed by atoms with Gasteiger partial charge in [-0.15, -0.1) is 0 Å². The van der Waals surface area contributed by atoms with Gasteiger partial charge in [-0.25, -0.2) is 14.3 Å². The summed E-state index contributed by atoms with van der Waals surface area (Å²) in [6, 6.07) is 9.53. The Labute approximate surface area is 127 Å². The SMILES string of the molecule is Cc1nn(-c2ccccc2)c(C)c1C(=O)O[C@@H]1CCOC1=O. The lowest BCUT2D eigenvalue weighted by atomic mass is 10.2. The van der Waals surface area contributed by atoms with Crippen LogP contribution in [0.25, 0.3) is 5.69 Å². The Morgan fingerprint density at radius 1 is 1.32 bits per heavy atom. The van der Waals surface area contributed by atoms with Gasteiger partial charge in [-0.2, -0.15) is 5.10 Å². The van der Waals surface area contributed by atoms with Crippen LogP contribution in [0.2, 0.25) is 0 Å². The van der Waals surface area contributed by atoms with E-state index in [-0.39, 0.29) is 6.61 Å². The van der Waals surface area contributed by atoms with E-state index in [2.05, 4.69) is 5.10 Å². The molecular formula is C16H16N2O4. The van der Waals surface area contributed by atoms with Gasteiger partial charge < -0.3 is 9.47 Å². The third kappa shape index (κ3) is 2.47. The van der Waals surface area contributed by atoms with Crippen LogP contribution in [0.15, 0.2) is 30.3 Å².